The van der Waals surface area contributed by atoms with Gasteiger partial charge in [0.15, 0.2) is 0 Å². The quantitative estimate of drug-likeness (QED) is 0.106. The Labute approximate surface area is 419 Å². The van der Waals surface area contributed by atoms with Crippen molar-refractivity contribution in [2.75, 3.05) is 0 Å². The van der Waals surface area contributed by atoms with Crippen molar-refractivity contribution in [3.63, 3.8) is 0 Å². The number of fused-ring (bicyclic) bond motifs is 8. The predicted octanol–water partition coefficient (Wildman–Crippen LogP) is 16.3. The van der Waals surface area contributed by atoms with E-state index in [9.17, 15) is 0 Å². The fourth-order valence-corrected chi connectivity index (χ4v) is 15.9. The van der Waals surface area contributed by atoms with E-state index in [1.54, 1.807) is 0 Å². The number of aryl methyl sites for hydroxylation is 2. The summed E-state index contributed by atoms with van der Waals surface area (Å²) in [7, 11) is -6.33. The third-order valence-corrected chi connectivity index (χ3v) is 23.6. The molecule has 6 heteroatoms. The van der Waals surface area contributed by atoms with Gasteiger partial charge in [-0.1, -0.05) is 209 Å². The molecule has 11 rings (SSSR count). The van der Waals surface area contributed by atoms with Gasteiger partial charge in [0.05, 0.1) is 54.4 Å². The van der Waals surface area contributed by atoms with Gasteiger partial charge in [0.25, 0.3) is 0 Å². The SMILES string of the molecule is Cc1ccccc1-c1c2ccc(-n3c4ccc([Si](C)(C)C)cc4c4cc([Si](C)(C)C)ccc43)cc2c(-c2ccccc2C)c2ccc(-n3c4ccc([Si](C)(C)C)cc4c4cc([Si](C)(C)C)ccc43)cc12. The molecule has 0 saturated carbocycles. The smallest absolute Gasteiger partial charge is 0.0776 e. The van der Waals surface area contributed by atoms with Gasteiger partial charge in [-0.15, -0.1) is 0 Å². The number of aromatic nitrogens is 2. The summed E-state index contributed by atoms with van der Waals surface area (Å²) in [5.41, 5.74) is 15.1. The number of hydrogen-bond donors (Lipinski definition) is 0. The van der Waals surface area contributed by atoms with Gasteiger partial charge in [0, 0.05) is 32.9 Å². The molecule has 2 heterocycles. The van der Waals surface area contributed by atoms with Gasteiger partial charge in [0.1, 0.15) is 0 Å². The van der Waals surface area contributed by atoms with Crippen molar-refractivity contribution in [1.82, 2.24) is 9.13 Å². The fraction of sp³-hybridized carbons (Fsp3) is 0.219. The van der Waals surface area contributed by atoms with E-state index in [2.05, 4.69) is 259 Å². The molecule has 0 aliphatic rings. The first-order valence-electron chi connectivity index (χ1n) is 25.4. The zero-order chi connectivity index (χ0) is 49.4. The molecular formula is C64H68N2Si4. The second kappa shape index (κ2) is 16.3. The second-order valence-electron chi connectivity index (χ2n) is 24.4. The summed E-state index contributed by atoms with van der Waals surface area (Å²) >= 11 is 0. The third-order valence-electron chi connectivity index (χ3n) is 15.4. The molecule has 0 fully saturated rings. The number of benzene rings is 9. The Hall–Kier alpha value is -6.03. The van der Waals surface area contributed by atoms with Crippen LogP contribution in [0, 0.1) is 13.8 Å². The zero-order valence-corrected chi connectivity index (χ0v) is 47.9. The van der Waals surface area contributed by atoms with E-state index >= 15 is 0 Å². The van der Waals surface area contributed by atoms with Crippen molar-refractivity contribution >= 4 is 118 Å². The van der Waals surface area contributed by atoms with Crippen LogP contribution in [0.3, 0.4) is 0 Å². The zero-order valence-electron chi connectivity index (χ0n) is 43.9. The maximum Gasteiger partial charge on any atom is 0.0776 e. The molecule has 0 atom stereocenters. The van der Waals surface area contributed by atoms with Crippen LogP contribution in [0.25, 0.3) is 98.8 Å². The van der Waals surface area contributed by atoms with E-state index in [0.29, 0.717) is 0 Å². The van der Waals surface area contributed by atoms with Crippen LogP contribution in [0.15, 0.2) is 158 Å². The summed E-state index contributed by atoms with van der Waals surface area (Å²) in [6.07, 6.45) is 0. The summed E-state index contributed by atoms with van der Waals surface area (Å²) in [5, 5.41) is 16.5. The average Bonchev–Trinajstić information content (AvgIpc) is 3.81. The largest absolute Gasteiger partial charge is 0.309 e. The highest BCUT2D eigenvalue weighted by atomic mass is 28.3. The molecule has 0 N–H and O–H groups in total. The summed E-state index contributed by atoms with van der Waals surface area (Å²) < 4.78 is 5.11. The molecule has 0 radical (unpaired) electrons. The minimum absolute atomic E-state index is 1.19. The van der Waals surface area contributed by atoms with Crippen LogP contribution in [0.4, 0.5) is 0 Å². The van der Waals surface area contributed by atoms with Crippen molar-refractivity contribution < 1.29 is 0 Å². The van der Waals surface area contributed by atoms with Crippen molar-refractivity contribution in [2.24, 2.45) is 0 Å². The predicted molar refractivity (Wildman–Crippen MR) is 322 cm³/mol. The molecule has 0 aliphatic heterocycles. The number of hydrogen-bond acceptors (Lipinski definition) is 0. The molecule has 70 heavy (non-hydrogen) atoms. The minimum Gasteiger partial charge on any atom is -0.309 e. The van der Waals surface area contributed by atoms with Gasteiger partial charge in [-0.05, 0) is 117 Å². The second-order valence-corrected chi connectivity index (χ2v) is 44.7. The molecule has 0 aliphatic carbocycles. The van der Waals surface area contributed by atoms with Crippen molar-refractivity contribution in [3.05, 3.63) is 169 Å². The van der Waals surface area contributed by atoms with E-state index in [1.165, 1.54) is 131 Å². The molecule has 11 aromatic rings. The first kappa shape index (κ1) is 46.4. The van der Waals surface area contributed by atoms with Crippen LogP contribution in [-0.2, 0) is 0 Å². The highest BCUT2D eigenvalue weighted by molar-refractivity contribution is 6.90. The molecule has 350 valence electrons. The summed E-state index contributed by atoms with van der Waals surface area (Å²) in [6, 6.07) is 62.2. The Morgan fingerprint density at radius 2 is 0.557 bits per heavy atom. The summed E-state index contributed by atoms with van der Waals surface area (Å²) in [4.78, 5) is 0. The van der Waals surface area contributed by atoms with E-state index in [1.807, 2.05) is 0 Å². The number of nitrogens with zero attached hydrogens (tertiary/aromatic N) is 2. The van der Waals surface area contributed by atoms with Crippen LogP contribution in [-0.4, -0.2) is 41.4 Å². The van der Waals surface area contributed by atoms with Gasteiger partial charge >= 0.3 is 0 Å². The highest BCUT2D eigenvalue weighted by Crippen LogP contribution is 2.47. The number of rotatable bonds is 8. The van der Waals surface area contributed by atoms with Crippen molar-refractivity contribution in [1.29, 1.82) is 0 Å². The Bertz CT molecular complexity index is 3550. The lowest BCUT2D eigenvalue weighted by Crippen LogP contribution is -2.37. The lowest BCUT2D eigenvalue weighted by Gasteiger charge is -2.22. The summed E-state index contributed by atoms with van der Waals surface area (Å²) in [6.45, 7) is 34.1. The maximum atomic E-state index is 2.55. The van der Waals surface area contributed by atoms with Crippen molar-refractivity contribution in [3.8, 4) is 33.6 Å². The first-order valence-corrected chi connectivity index (χ1v) is 39.4. The van der Waals surface area contributed by atoms with E-state index in [-0.39, 0.29) is 0 Å². The van der Waals surface area contributed by atoms with Gasteiger partial charge in [-0.3, -0.25) is 0 Å². The molecule has 0 bridgehead atoms. The maximum absolute atomic E-state index is 2.55. The standard InChI is InChI=1S/C64H68N2Si4/c1-41-19-15-17-21-49(41)63-51-29-23-44(66-61-33-27-47(69(9,10)11)39-55(61)56-40-48(70(12,13)14)28-34-62(56)66)36-58(51)64(50-22-18-16-20-42(50)2)52-30-24-43(35-57(52)63)65-59-31-25-45(67(3,4)5)37-53(59)54-38-46(68(6,7)8)26-32-60(54)65/h15-40H,1-14H3. The van der Waals surface area contributed by atoms with E-state index < -0.39 is 32.3 Å². The van der Waals surface area contributed by atoms with Crippen LogP contribution >= 0.6 is 0 Å². The molecule has 0 spiro atoms. The van der Waals surface area contributed by atoms with E-state index in [0.717, 1.165) is 0 Å². The van der Waals surface area contributed by atoms with Crippen molar-refractivity contribution in [2.45, 2.75) is 92.4 Å². The van der Waals surface area contributed by atoms with Gasteiger partial charge in [0.2, 0.25) is 0 Å². The Morgan fingerprint density at radius 1 is 0.271 bits per heavy atom. The first-order chi connectivity index (χ1) is 33.1. The molecule has 2 nitrogen and oxygen atoms in total. The summed E-state index contributed by atoms with van der Waals surface area (Å²) in [5.74, 6) is 0. The van der Waals surface area contributed by atoms with E-state index in [4.69, 9.17) is 0 Å². The van der Waals surface area contributed by atoms with Crippen LogP contribution < -0.4 is 20.7 Å². The molecule has 0 saturated heterocycles. The monoisotopic (exact) mass is 976 g/mol. The topological polar surface area (TPSA) is 9.86 Å². The normalized spacial score (nSPS) is 13.0. The van der Waals surface area contributed by atoms with Crippen LogP contribution in [0.5, 0.6) is 0 Å². The highest BCUT2D eigenvalue weighted by Gasteiger charge is 2.27. The molecule has 2 aromatic heterocycles. The Balaban J connectivity index is 1.26. The van der Waals surface area contributed by atoms with Gasteiger partial charge in [-0.25, -0.2) is 0 Å². The third kappa shape index (κ3) is 7.61. The average molecular weight is 978 g/mol. The molecule has 9 aromatic carbocycles. The molecule has 0 unspecified atom stereocenters. The molecular weight excluding hydrogens is 909 g/mol. The fourth-order valence-electron chi connectivity index (χ4n) is 11.2. The minimum atomic E-state index is -1.58. The lowest BCUT2D eigenvalue weighted by atomic mass is 9.83. The Kier molecular flexibility index (Phi) is 10.8. The lowest BCUT2D eigenvalue weighted by molar-refractivity contribution is 1.18. The van der Waals surface area contributed by atoms with Gasteiger partial charge in [-0.2, -0.15) is 0 Å². The van der Waals surface area contributed by atoms with Gasteiger partial charge < -0.3 is 9.13 Å². The molecule has 0 amide bonds. The van der Waals surface area contributed by atoms with Crippen LogP contribution in [0.1, 0.15) is 11.1 Å². The van der Waals surface area contributed by atoms with Crippen LogP contribution in [0.2, 0.25) is 78.6 Å². The Morgan fingerprint density at radius 3 is 0.829 bits per heavy atom.